The van der Waals surface area contributed by atoms with Crippen molar-refractivity contribution in [3.63, 3.8) is 0 Å². The highest BCUT2D eigenvalue weighted by Crippen LogP contribution is 2.46. The zero-order valence-corrected chi connectivity index (χ0v) is 14.4. The first-order chi connectivity index (χ1) is 10.0. The Balaban J connectivity index is 2.20. The first kappa shape index (κ1) is 16.5. The predicted octanol–water partition coefficient (Wildman–Crippen LogP) is 4.92. The molecule has 1 heteroatoms. The molecule has 1 N–H and O–H groups in total. The smallest absolute Gasteiger partial charge is 0.00120 e. The first-order valence-corrected chi connectivity index (χ1v) is 8.76. The van der Waals surface area contributed by atoms with Crippen LogP contribution in [0.1, 0.15) is 52.5 Å². The molecular weight excluding hydrogens is 254 g/mol. The van der Waals surface area contributed by atoms with E-state index in [1.165, 1.54) is 44.3 Å². The van der Waals surface area contributed by atoms with Gasteiger partial charge in [-0.15, -0.1) is 0 Å². The molecule has 1 aliphatic rings. The van der Waals surface area contributed by atoms with Crippen LogP contribution in [0.2, 0.25) is 0 Å². The van der Waals surface area contributed by atoms with Crippen molar-refractivity contribution in [3.05, 3.63) is 35.9 Å². The van der Waals surface area contributed by atoms with Crippen molar-refractivity contribution < 1.29 is 0 Å². The fourth-order valence-corrected chi connectivity index (χ4v) is 4.47. The SMILES string of the molecule is CC(C)CC1(CC(C)C)CCNCC1Cc1ccccc1. The molecule has 1 aromatic rings. The van der Waals surface area contributed by atoms with Gasteiger partial charge in [0.15, 0.2) is 0 Å². The van der Waals surface area contributed by atoms with Crippen LogP contribution in [0.15, 0.2) is 30.3 Å². The normalized spacial score (nSPS) is 21.9. The van der Waals surface area contributed by atoms with E-state index < -0.39 is 0 Å². The Morgan fingerprint density at radius 2 is 1.67 bits per heavy atom. The Bertz CT molecular complexity index is 397. The van der Waals surface area contributed by atoms with Crippen molar-refractivity contribution >= 4 is 0 Å². The van der Waals surface area contributed by atoms with Crippen LogP contribution in [0.25, 0.3) is 0 Å². The maximum Gasteiger partial charge on any atom is -0.00120 e. The number of nitrogens with one attached hydrogen (secondary N) is 1. The second-order valence-electron chi connectivity index (χ2n) is 7.90. The third-order valence-electron chi connectivity index (χ3n) is 5.01. The lowest BCUT2D eigenvalue weighted by Crippen LogP contribution is -2.47. The second-order valence-corrected chi connectivity index (χ2v) is 7.90. The van der Waals surface area contributed by atoms with Crippen LogP contribution in [-0.2, 0) is 6.42 Å². The molecule has 0 bridgehead atoms. The third kappa shape index (κ3) is 4.57. The minimum absolute atomic E-state index is 0.531. The topological polar surface area (TPSA) is 12.0 Å². The Labute approximate surface area is 131 Å². The molecule has 1 nitrogen and oxygen atoms in total. The first-order valence-electron chi connectivity index (χ1n) is 8.76. The van der Waals surface area contributed by atoms with Gasteiger partial charge in [0, 0.05) is 0 Å². The summed E-state index contributed by atoms with van der Waals surface area (Å²) in [6.07, 6.45) is 5.34. The fourth-order valence-electron chi connectivity index (χ4n) is 4.47. The van der Waals surface area contributed by atoms with Crippen LogP contribution < -0.4 is 5.32 Å². The summed E-state index contributed by atoms with van der Waals surface area (Å²) in [5.41, 5.74) is 2.03. The molecule has 1 aromatic carbocycles. The molecule has 1 fully saturated rings. The number of piperidine rings is 1. The highest BCUT2D eigenvalue weighted by Gasteiger charge is 2.41. The van der Waals surface area contributed by atoms with E-state index in [1.54, 1.807) is 0 Å². The maximum absolute atomic E-state index is 3.66. The summed E-state index contributed by atoms with van der Waals surface area (Å²) in [6, 6.07) is 11.1. The molecule has 0 radical (unpaired) electrons. The quantitative estimate of drug-likeness (QED) is 0.783. The van der Waals surface area contributed by atoms with E-state index in [4.69, 9.17) is 0 Å². The highest BCUT2D eigenvalue weighted by molar-refractivity contribution is 5.16. The number of rotatable bonds is 6. The Morgan fingerprint density at radius 1 is 1.05 bits per heavy atom. The van der Waals surface area contributed by atoms with Crippen LogP contribution in [-0.4, -0.2) is 13.1 Å². The van der Waals surface area contributed by atoms with Crippen molar-refractivity contribution in [2.75, 3.05) is 13.1 Å². The van der Waals surface area contributed by atoms with Crippen LogP contribution in [0.4, 0.5) is 0 Å². The van der Waals surface area contributed by atoms with Gasteiger partial charge in [-0.25, -0.2) is 0 Å². The van der Waals surface area contributed by atoms with Crippen LogP contribution >= 0.6 is 0 Å². The van der Waals surface area contributed by atoms with Gasteiger partial charge in [0.2, 0.25) is 0 Å². The lowest BCUT2D eigenvalue weighted by atomic mass is 9.61. The monoisotopic (exact) mass is 287 g/mol. The fraction of sp³-hybridized carbons (Fsp3) is 0.700. The summed E-state index contributed by atoms with van der Waals surface area (Å²) in [5.74, 6) is 2.36. The molecule has 118 valence electrons. The van der Waals surface area contributed by atoms with E-state index in [0.29, 0.717) is 5.41 Å². The van der Waals surface area contributed by atoms with E-state index in [0.717, 1.165) is 17.8 Å². The van der Waals surface area contributed by atoms with Gasteiger partial charge in [-0.1, -0.05) is 58.0 Å². The van der Waals surface area contributed by atoms with Gasteiger partial charge in [-0.05, 0) is 67.5 Å². The molecule has 21 heavy (non-hydrogen) atoms. The van der Waals surface area contributed by atoms with Crippen LogP contribution in [0.3, 0.4) is 0 Å². The Morgan fingerprint density at radius 3 is 2.24 bits per heavy atom. The molecule has 1 unspecified atom stereocenters. The molecule has 2 rings (SSSR count). The number of hydrogen-bond donors (Lipinski definition) is 1. The van der Waals surface area contributed by atoms with Gasteiger partial charge in [-0.2, -0.15) is 0 Å². The molecule has 1 atom stereocenters. The summed E-state index contributed by atoms with van der Waals surface area (Å²) in [4.78, 5) is 0. The van der Waals surface area contributed by atoms with Crippen molar-refractivity contribution in [3.8, 4) is 0 Å². The summed E-state index contributed by atoms with van der Waals surface area (Å²) < 4.78 is 0. The standard InChI is InChI=1S/C20H33N/c1-16(2)13-20(14-17(3)4)10-11-21-15-19(20)12-18-8-6-5-7-9-18/h5-9,16-17,19,21H,10-15H2,1-4H3. The molecule has 1 heterocycles. The van der Waals surface area contributed by atoms with Gasteiger partial charge in [0.25, 0.3) is 0 Å². The van der Waals surface area contributed by atoms with Crippen molar-refractivity contribution in [1.82, 2.24) is 5.32 Å². The Hall–Kier alpha value is -0.820. The van der Waals surface area contributed by atoms with Crippen molar-refractivity contribution in [2.24, 2.45) is 23.2 Å². The van der Waals surface area contributed by atoms with Crippen molar-refractivity contribution in [1.29, 1.82) is 0 Å². The minimum Gasteiger partial charge on any atom is -0.316 e. The predicted molar refractivity (Wildman–Crippen MR) is 92.5 cm³/mol. The van der Waals surface area contributed by atoms with E-state index >= 15 is 0 Å². The third-order valence-corrected chi connectivity index (χ3v) is 5.01. The molecular formula is C20H33N. The van der Waals surface area contributed by atoms with E-state index in [-0.39, 0.29) is 0 Å². The molecule has 0 saturated carbocycles. The molecule has 1 aliphatic heterocycles. The van der Waals surface area contributed by atoms with Crippen molar-refractivity contribution in [2.45, 2.75) is 53.4 Å². The zero-order chi connectivity index (χ0) is 15.3. The van der Waals surface area contributed by atoms with Gasteiger partial charge < -0.3 is 5.32 Å². The lowest BCUT2D eigenvalue weighted by Gasteiger charge is -2.47. The molecule has 0 amide bonds. The largest absolute Gasteiger partial charge is 0.316 e. The van der Waals surface area contributed by atoms with Gasteiger partial charge in [0.05, 0.1) is 0 Å². The Kier molecular flexibility index (Phi) is 5.87. The molecule has 0 spiro atoms. The summed E-state index contributed by atoms with van der Waals surface area (Å²) in [6.45, 7) is 12.0. The average Bonchev–Trinajstić information content (AvgIpc) is 2.41. The number of benzene rings is 1. The minimum atomic E-state index is 0.531. The van der Waals surface area contributed by atoms with E-state index in [9.17, 15) is 0 Å². The maximum atomic E-state index is 3.66. The summed E-state index contributed by atoms with van der Waals surface area (Å²) >= 11 is 0. The zero-order valence-electron chi connectivity index (χ0n) is 14.4. The van der Waals surface area contributed by atoms with Crippen LogP contribution in [0, 0.1) is 23.2 Å². The van der Waals surface area contributed by atoms with Gasteiger partial charge >= 0.3 is 0 Å². The molecule has 0 aliphatic carbocycles. The second kappa shape index (κ2) is 7.45. The lowest BCUT2D eigenvalue weighted by molar-refractivity contribution is 0.0542. The summed E-state index contributed by atoms with van der Waals surface area (Å²) in [7, 11) is 0. The number of hydrogen-bond acceptors (Lipinski definition) is 1. The van der Waals surface area contributed by atoms with Gasteiger partial charge in [-0.3, -0.25) is 0 Å². The highest BCUT2D eigenvalue weighted by atomic mass is 14.9. The molecule has 1 saturated heterocycles. The molecule has 0 aromatic heterocycles. The average molecular weight is 287 g/mol. The van der Waals surface area contributed by atoms with Crippen LogP contribution in [0.5, 0.6) is 0 Å². The van der Waals surface area contributed by atoms with Gasteiger partial charge in [0.1, 0.15) is 0 Å². The van der Waals surface area contributed by atoms with E-state index in [1.807, 2.05) is 0 Å². The summed E-state index contributed by atoms with van der Waals surface area (Å²) in [5, 5.41) is 3.66. The van der Waals surface area contributed by atoms with E-state index in [2.05, 4.69) is 63.3 Å².